The van der Waals surface area contributed by atoms with E-state index in [9.17, 15) is 0 Å². The Hall–Kier alpha value is -2.04. The van der Waals surface area contributed by atoms with Crippen molar-refractivity contribution in [3.05, 3.63) is 58.8 Å². The van der Waals surface area contributed by atoms with Crippen molar-refractivity contribution < 1.29 is 4.74 Å². The first kappa shape index (κ1) is 16.8. The van der Waals surface area contributed by atoms with Crippen LogP contribution in [0.2, 0.25) is 10.3 Å². The minimum Gasteiger partial charge on any atom is -0.489 e. The van der Waals surface area contributed by atoms with Gasteiger partial charge < -0.3 is 10.1 Å². The van der Waals surface area contributed by atoms with Crippen LogP contribution < -0.4 is 10.1 Å². The zero-order valence-electron chi connectivity index (χ0n) is 13.2. The maximum absolute atomic E-state index is 6.01. The summed E-state index contributed by atoms with van der Waals surface area (Å²) in [6.07, 6.45) is 0.852. The Labute approximate surface area is 150 Å². The Balaban J connectivity index is 1.72. The highest BCUT2D eigenvalue weighted by Gasteiger charge is 2.11. The Kier molecular flexibility index (Phi) is 5.38. The first-order chi connectivity index (χ1) is 11.7. The summed E-state index contributed by atoms with van der Waals surface area (Å²) in [5.41, 5.74) is 0.812. The van der Waals surface area contributed by atoms with E-state index in [0.717, 1.165) is 23.1 Å². The van der Waals surface area contributed by atoms with Gasteiger partial charge in [0.15, 0.2) is 0 Å². The van der Waals surface area contributed by atoms with E-state index in [1.54, 1.807) is 0 Å². The molecule has 1 aromatic heterocycles. The van der Waals surface area contributed by atoms with Crippen LogP contribution >= 0.6 is 23.2 Å². The summed E-state index contributed by atoms with van der Waals surface area (Å²) >= 11 is 11.9. The van der Waals surface area contributed by atoms with E-state index in [4.69, 9.17) is 27.9 Å². The highest BCUT2D eigenvalue weighted by molar-refractivity contribution is 6.30. The van der Waals surface area contributed by atoms with Crippen LogP contribution in [0.4, 0.5) is 5.82 Å². The van der Waals surface area contributed by atoms with Gasteiger partial charge in [-0.15, -0.1) is 0 Å². The van der Waals surface area contributed by atoms with E-state index < -0.39 is 0 Å². The van der Waals surface area contributed by atoms with Gasteiger partial charge in [0, 0.05) is 10.4 Å². The highest BCUT2D eigenvalue weighted by atomic mass is 35.5. The zero-order chi connectivity index (χ0) is 16.9. The molecule has 6 heteroatoms. The zero-order valence-corrected chi connectivity index (χ0v) is 14.7. The number of benzene rings is 2. The number of ether oxygens (including phenoxy) is 1. The molecular formula is C18H17Cl2N3O. The van der Waals surface area contributed by atoms with Gasteiger partial charge in [-0.1, -0.05) is 30.7 Å². The molecule has 1 unspecified atom stereocenters. The summed E-state index contributed by atoms with van der Waals surface area (Å²) in [7, 11) is 0. The largest absolute Gasteiger partial charge is 0.489 e. The molecule has 0 saturated carbocycles. The smallest absolute Gasteiger partial charge is 0.224 e. The highest BCUT2D eigenvalue weighted by Crippen LogP contribution is 2.22. The number of aromatic nitrogens is 2. The quantitative estimate of drug-likeness (QED) is 0.612. The van der Waals surface area contributed by atoms with E-state index in [1.165, 1.54) is 0 Å². The van der Waals surface area contributed by atoms with E-state index in [-0.39, 0.29) is 11.4 Å². The van der Waals surface area contributed by atoms with Crippen molar-refractivity contribution in [1.29, 1.82) is 0 Å². The fraction of sp³-hybridized carbons (Fsp3) is 0.222. The molecule has 0 aliphatic carbocycles. The normalized spacial score (nSPS) is 12.1. The molecule has 0 aliphatic rings. The lowest BCUT2D eigenvalue weighted by molar-refractivity contribution is 0.210. The molecule has 0 fully saturated rings. The molecule has 3 aromatic rings. The number of hydrogen-bond acceptors (Lipinski definition) is 4. The third-order valence-corrected chi connectivity index (χ3v) is 4.07. The Morgan fingerprint density at radius 1 is 1.04 bits per heavy atom. The van der Waals surface area contributed by atoms with E-state index in [2.05, 4.69) is 22.2 Å². The van der Waals surface area contributed by atoms with Crippen LogP contribution in [-0.2, 0) is 0 Å². The van der Waals surface area contributed by atoms with Crippen molar-refractivity contribution in [3.63, 3.8) is 0 Å². The number of hydrogen-bond donors (Lipinski definition) is 1. The van der Waals surface area contributed by atoms with Crippen LogP contribution in [0.5, 0.6) is 5.75 Å². The van der Waals surface area contributed by atoms with Crippen LogP contribution in [0.25, 0.3) is 10.9 Å². The molecule has 3 rings (SSSR count). The third-order valence-electron chi connectivity index (χ3n) is 3.64. The van der Waals surface area contributed by atoms with Crippen LogP contribution in [0.15, 0.2) is 48.5 Å². The van der Waals surface area contributed by atoms with Gasteiger partial charge in [0.05, 0.1) is 12.1 Å². The number of fused-ring (bicyclic) bond motifs is 1. The first-order valence-electron chi connectivity index (χ1n) is 7.74. The number of para-hydroxylation sites is 1. The lowest BCUT2D eigenvalue weighted by Gasteiger charge is -2.19. The second-order valence-corrected chi connectivity index (χ2v) is 6.12. The monoisotopic (exact) mass is 361 g/mol. The van der Waals surface area contributed by atoms with Crippen molar-refractivity contribution in [2.75, 3.05) is 11.9 Å². The molecule has 4 nitrogen and oxygen atoms in total. The predicted octanol–water partition coefficient (Wildman–Crippen LogP) is 5.21. The maximum Gasteiger partial charge on any atom is 0.224 e. The Morgan fingerprint density at radius 2 is 1.79 bits per heavy atom. The lowest BCUT2D eigenvalue weighted by Crippen LogP contribution is -2.25. The summed E-state index contributed by atoms with van der Waals surface area (Å²) in [4.78, 5) is 8.53. The van der Waals surface area contributed by atoms with Crippen LogP contribution in [0.3, 0.4) is 0 Å². The number of nitrogens with zero attached hydrogens (tertiary/aromatic N) is 2. The summed E-state index contributed by atoms with van der Waals surface area (Å²) in [5, 5.41) is 5.17. The van der Waals surface area contributed by atoms with E-state index >= 15 is 0 Å². The SMILES string of the molecule is CCC(CNc1nc(Cl)nc2ccccc12)Oc1ccc(Cl)cc1. The fourth-order valence-corrected chi connectivity index (χ4v) is 2.67. The van der Waals surface area contributed by atoms with Crippen LogP contribution in [0.1, 0.15) is 13.3 Å². The standard InChI is InChI=1S/C18H17Cl2N3O/c1-2-13(24-14-9-7-12(19)8-10-14)11-21-17-15-5-3-4-6-16(15)22-18(20)23-17/h3-10,13H,2,11H2,1H3,(H,21,22,23). The molecule has 0 bridgehead atoms. The van der Waals surface area contributed by atoms with Crippen molar-refractivity contribution in [1.82, 2.24) is 9.97 Å². The van der Waals surface area contributed by atoms with E-state index in [1.807, 2.05) is 48.5 Å². The molecule has 0 spiro atoms. The molecule has 1 N–H and O–H groups in total. The molecule has 24 heavy (non-hydrogen) atoms. The lowest BCUT2D eigenvalue weighted by atomic mass is 10.2. The van der Waals surface area contributed by atoms with Gasteiger partial charge in [-0.2, -0.15) is 0 Å². The molecule has 0 aliphatic heterocycles. The molecule has 124 valence electrons. The van der Waals surface area contributed by atoms with Gasteiger partial charge in [0.2, 0.25) is 5.28 Å². The molecule has 1 heterocycles. The summed E-state index contributed by atoms with van der Waals surface area (Å²) in [5.74, 6) is 1.50. The van der Waals surface area contributed by atoms with Gasteiger partial charge in [-0.3, -0.25) is 0 Å². The van der Waals surface area contributed by atoms with Crippen molar-refractivity contribution >= 4 is 39.9 Å². The van der Waals surface area contributed by atoms with Gasteiger partial charge >= 0.3 is 0 Å². The van der Waals surface area contributed by atoms with Crippen LogP contribution in [-0.4, -0.2) is 22.6 Å². The first-order valence-corrected chi connectivity index (χ1v) is 8.49. The Morgan fingerprint density at radius 3 is 2.54 bits per heavy atom. The van der Waals surface area contributed by atoms with Gasteiger partial charge in [0.25, 0.3) is 0 Å². The van der Waals surface area contributed by atoms with Crippen molar-refractivity contribution in [2.45, 2.75) is 19.4 Å². The molecule has 1 atom stereocenters. The summed E-state index contributed by atoms with van der Waals surface area (Å²) in [6, 6.07) is 15.1. The molecule has 0 radical (unpaired) electrons. The molecule has 0 saturated heterocycles. The van der Waals surface area contributed by atoms with E-state index in [0.29, 0.717) is 17.4 Å². The summed E-state index contributed by atoms with van der Waals surface area (Å²) in [6.45, 7) is 2.68. The van der Waals surface area contributed by atoms with Crippen molar-refractivity contribution in [2.24, 2.45) is 0 Å². The summed E-state index contributed by atoms with van der Waals surface area (Å²) < 4.78 is 5.99. The third kappa shape index (κ3) is 4.08. The van der Waals surface area contributed by atoms with Gasteiger partial charge in [-0.05, 0) is 54.4 Å². The predicted molar refractivity (Wildman–Crippen MR) is 99.2 cm³/mol. The Bertz CT molecular complexity index is 824. The fourth-order valence-electron chi connectivity index (χ4n) is 2.37. The molecular weight excluding hydrogens is 345 g/mol. The minimum atomic E-state index is -0.00122. The second-order valence-electron chi connectivity index (χ2n) is 5.34. The minimum absolute atomic E-state index is 0.00122. The average molecular weight is 362 g/mol. The number of rotatable bonds is 6. The molecule has 2 aromatic carbocycles. The number of anilines is 1. The van der Waals surface area contributed by atoms with Gasteiger partial charge in [0.1, 0.15) is 17.7 Å². The van der Waals surface area contributed by atoms with Gasteiger partial charge in [-0.25, -0.2) is 9.97 Å². The number of nitrogens with one attached hydrogen (secondary N) is 1. The average Bonchev–Trinajstić information content (AvgIpc) is 2.60. The topological polar surface area (TPSA) is 47.0 Å². The van der Waals surface area contributed by atoms with Crippen LogP contribution in [0, 0.1) is 0 Å². The van der Waals surface area contributed by atoms with Crippen molar-refractivity contribution in [3.8, 4) is 5.75 Å². The maximum atomic E-state index is 6.01. The second kappa shape index (κ2) is 7.69. The number of halogens is 2. The molecule has 0 amide bonds.